The first-order valence-electron chi connectivity index (χ1n) is 48.3. The Morgan fingerprint density at radius 1 is 0.629 bits per heavy atom. The van der Waals surface area contributed by atoms with Crippen molar-refractivity contribution in [1.29, 1.82) is 0 Å². The predicted octanol–water partition coefficient (Wildman–Crippen LogP) is 0.742. The van der Waals surface area contributed by atoms with Crippen molar-refractivity contribution in [1.82, 2.24) is 82.7 Å². The number of aromatic hydroxyl groups is 1. The van der Waals surface area contributed by atoms with Crippen LogP contribution < -0.4 is 86.3 Å². The minimum Gasteiger partial charge on any atom is -0.508 e. The SMILES string of the molecule is CCCC[C@@H](C(=O)N[C@@H](CC(C)C)C(=O)N[C@@H](CSCC(N)=O)C(=O)NCC(N)=O)N(C)C(=O)[C@H](CCC(C)c1cccc2c1CC(OC)N2C(C(=O)O)c1cccc2c(C[C@H](NC(=O)[C@@H]3C[C@@H](O)CN3C(=O)[C@H](CC(C)C)NC(=O)[C@H](CNc3nc4ccccc4s3)NC(=O)[C@@H]3CCCN3C(=O)[C@H](CC(N)=O)NC(=O)[C@H](C)N(C)C(=O)[C@@H](C)Cc3ccc(O)cc3)C(=O)N[C@@H](CCN)C(=O)NC)c[nH]c12)NC. The van der Waals surface area contributed by atoms with E-state index in [0.717, 1.165) is 38.1 Å². The predicted molar refractivity (Wildman–Crippen MR) is 537 cm³/mol. The number of aromatic amines is 1. The number of amides is 16. The number of aliphatic hydroxyl groups excluding tert-OH is 1. The number of aliphatic hydroxyl groups is 1. The topological polar surface area (TPSA) is 641 Å². The number of hydrogen-bond donors (Lipinski definition) is 19. The van der Waals surface area contributed by atoms with Crippen molar-refractivity contribution in [2.75, 3.05) is 89.7 Å². The monoisotopic (exact) mass is 2030 g/mol. The number of anilines is 2. The third kappa shape index (κ3) is 30.5. The first-order chi connectivity index (χ1) is 67.9. The number of methoxy groups -OCH3 is 1. The van der Waals surface area contributed by atoms with Crippen molar-refractivity contribution in [2.45, 2.75) is 248 Å². The highest BCUT2D eigenvalue weighted by molar-refractivity contribution is 8.00. The summed E-state index contributed by atoms with van der Waals surface area (Å²) in [7, 11) is 7.38. The van der Waals surface area contributed by atoms with Crippen LogP contribution in [0.4, 0.5) is 10.8 Å². The lowest BCUT2D eigenvalue weighted by Gasteiger charge is -2.33. The quantitative estimate of drug-likeness (QED) is 0.0250. The maximum Gasteiger partial charge on any atom is 0.331 e. The molecule has 2 fully saturated rings. The number of carboxylic acid groups (broad SMARTS) is 1. The summed E-state index contributed by atoms with van der Waals surface area (Å²) < 4.78 is 6.94. The molecule has 6 aromatic rings. The minimum absolute atomic E-state index is 0.0394. The van der Waals surface area contributed by atoms with Gasteiger partial charge in [-0.25, -0.2) is 9.78 Å². The summed E-state index contributed by atoms with van der Waals surface area (Å²) in [4.78, 5) is 253. The van der Waals surface area contributed by atoms with Gasteiger partial charge in [-0.15, -0.1) is 11.8 Å². The number of H-pyrrole nitrogens is 1. The summed E-state index contributed by atoms with van der Waals surface area (Å²) in [6.07, 6.45) is 0.801. The van der Waals surface area contributed by atoms with Crippen LogP contribution in [0.3, 0.4) is 0 Å². The molecule has 4 aromatic carbocycles. The van der Waals surface area contributed by atoms with E-state index in [9.17, 15) is 77.6 Å². The highest BCUT2D eigenvalue weighted by atomic mass is 32.2. The minimum atomic E-state index is -1.61. The number of para-hydroxylation sites is 2. The third-order valence-electron chi connectivity index (χ3n) is 26.0. The standard InChI is InChI=1S/C98H140N22O21S2/c1-14-15-25-74(90(132)109-67(38-51(2)3)87(129)114-72(49-142-50-80(102)125)86(128)106-47-79(101)124)117(12)94(136)66(103-9)34-29-53(6)60-21-19-26-73-63(60)43-81(141-13)120(73)83(97(139)140)62-23-18-22-61-57(45-105-82(61)62)41-68(88(130)108-65(35-36-99)85(127)104-10)110-92(134)76-42-59(122)48-119(76)96(138)69(39-52(4)5)112-89(131)71(46-107-98-115-64-24-16-17-28-77(64)143-98)113-91(133)75-27-20-37-118(75)95(137)70(44-78(100)123)111-84(126)55(8)116(11)93(135)54(7)40-56-30-32-58(121)33-31-56/h16-19,21-24,26,28,30-33,45,51-55,59,65-72,74-76,81,83,103,105,121-122H,14-15,20,25,27,29,34-44,46-50,99H2,1-13H3,(H2,100,123)(H2,101,124)(H2,102,125)(H,104,127)(H,106,128)(H,107,115)(H,108,130)(H,109,132)(H,110,134)(H,111,126)(H,112,131)(H,113,133)(H,114,129)(H,139,140)/t53?,54-,55-,59+,65-,66-,67-,68-,69-,70-,71-,72-,74-,75-,76-,81?,83?/m0/s1. The van der Waals surface area contributed by atoms with Crippen molar-refractivity contribution >= 4 is 156 Å². The molecular formula is C98H140N22O21S2. The molecule has 2 aromatic heterocycles. The van der Waals surface area contributed by atoms with Crippen molar-refractivity contribution in [3.63, 3.8) is 0 Å². The molecule has 3 unspecified atom stereocenters. The van der Waals surface area contributed by atoms with Crippen LogP contribution in [-0.4, -0.2) is 310 Å². The Morgan fingerprint density at radius 3 is 1.90 bits per heavy atom. The molecule has 780 valence electrons. The molecule has 3 aliphatic rings. The van der Waals surface area contributed by atoms with Crippen LogP contribution in [0.2, 0.25) is 0 Å². The molecule has 43 nitrogen and oxygen atoms in total. The average Bonchev–Trinajstić information content (AvgIpc) is 1.59. The van der Waals surface area contributed by atoms with E-state index in [0.29, 0.717) is 52.1 Å². The van der Waals surface area contributed by atoms with Gasteiger partial charge in [0.2, 0.25) is 94.5 Å². The summed E-state index contributed by atoms with van der Waals surface area (Å²) in [6.45, 7) is 12.8. The van der Waals surface area contributed by atoms with Gasteiger partial charge in [-0.1, -0.05) is 127 Å². The Hall–Kier alpha value is -13.1. The fraction of sp³-hybridized carbons (Fsp3) is 0.551. The first-order valence-corrected chi connectivity index (χ1v) is 50.3. The van der Waals surface area contributed by atoms with Crippen molar-refractivity contribution in [2.24, 2.45) is 40.7 Å². The zero-order chi connectivity index (χ0) is 105. The van der Waals surface area contributed by atoms with Gasteiger partial charge in [0.15, 0.2) is 11.2 Å². The number of nitrogens with two attached hydrogens (primary N) is 4. The Kier molecular flexibility index (Phi) is 42.3. The van der Waals surface area contributed by atoms with Gasteiger partial charge in [0, 0.05) is 102 Å². The summed E-state index contributed by atoms with van der Waals surface area (Å²) >= 11 is 2.22. The number of primary amides is 3. The number of rotatable bonds is 55. The number of carbonyl (C=O) groups excluding carboxylic acids is 16. The van der Waals surface area contributed by atoms with Crippen LogP contribution in [0.1, 0.15) is 172 Å². The summed E-state index contributed by atoms with van der Waals surface area (Å²) in [5.74, 6) is -15.1. The molecule has 2 saturated heterocycles. The second kappa shape index (κ2) is 53.3. The highest BCUT2D eigenvalue weighted by Gasteiger charge is 2.48. The molecule has 23 N–H and O–H groups in total. The molecule has 17 atom stereocenters. The molecule has 0 radical (unpaired) electrons. The van der Waals surface area contributed by atoms with Crippen molar-refractivity contribution in [3.8, 4) is 5.75 Å². The molecule has 0 spiro atoms. The Labute approximate surface area is 839 Å². The maximum atomic E-state index is 15.5. The summed E-state index contributed by atoms with van der Waals surface area (Å²) in [6, 6.07) is 6.72. The number of nitrogens with one attached hydrogen (secondary N) is 12. The molecule has 45 heteroatoms. The lowest BCUT2D eigenvalue weighted by Crippen LogP contribution is -2.61. The van der Waals surface area contributed by atoms with Gasteiger partial charge in [-0.2, -0.15) is 0 Å². The number of thioether (sulfide) groups is 1. The smallest absolute Gasteiger partial charge is 0.331 e. The number of ether oxygens (including phenoxy) is 1. The van der Waals surface area contributed by atoms with Crippen LogP contribution in [0, 0.1) is 17.8 Å². The van der Waals surface area contributed by atoms with Crippen LogP contribution in [0.5, 0.6) is 5.75 Å². The molecule has 5 heterocycles. The number of carboxylic acids is 1. The normalized spacial score (nSPS) is 17.8. The Morgan fingerprint density at radius 2 is 1.26 bits per heavy atom. The Bertz CT molecular complexity index is 5500. The average molecular weight is 2030 g/mol. The number of β-amino-alcohol motifs (C(OH)–C–C–N with tert-alkyl or cyclic N) is 1. The van der Waals surface area contributed by atoms with Gasteiger partial charge in [-0.05, 0) is 149 Å². The number of aromatic nitrogens is 2. The van der Waals surface area contributed by atoms with Crippen molar-refractivity contribution < 1.29 is 102 Å². The van der Waals surface area contributed by atoms with E-state index in [1.165, 1.54) is 73.3 Å². The maximum absolute atomic E-state index is 15.5. The molecule has 0 saturated carbocycles. The lowest BCUT2D eigenvalue weighted by atomic mass is 9.89. The molecule has 16 amide bonds. The fourth-order valence-corrected chi connectivity index (χ4v) is 20.1. The molecule has 9 rings (SSSR count). The van der Waals surface area contributed by atoms with Gasteiger partial charge in [0.1, 0.15) is 78.4 Å². The molecular weight excluding hydrogens is 1890 g/mol. The number of fused-ring (bicyclic) bond motifs is 3. The number of benzene rings is 4. The van der Waals surface area contributed by atoms with Crippen LogP contribution >= 0.6 is 23.1 Å². The lowest BCUT2D eigenvalue weighted by molar-refractivity contribution is -0.145. The van der Waals surface area contributed by atoms with Gasteiger partial charge >= 0.3 is 5.97 Å². The summed E-state index contributed by atoms with van der Waals surface area (Å²) in [5, 5.41) is 64.1. The van der Waals surface area contributed by atoms with E-state index in [2.05, 4.69) is 68.5 Å². The van der Waals surface area contributed by atoms with Crippen molar-refractivity contribution in [3.05, 3.63) is 119 Å². The van der Waals surface area contributed by atoms with E-state index in [4.69, 9.17) is 27.7 Å². The number of hydrogen-bond acceptors (Lipinski definition) is 27. The zero-order valence-electron chi connectivity index (χ0n) is 83.2. The van der Waals surface area contributed by atoms with E-state index in [-0.39, 0.29) is 131 Å². The highest BCUT2D eigenvalue weighted by Crippen LogP contribution is 2.45. The number of phenolic OH excluding ortho intramolecular Hbond substituents is 1. The molecule has 0 aliphatic carbocycles. The van der Waals surface area contributed by atoms with E-state index < -0.39 is 217 Å². The largest absolute Gasteiger partial charge is 0.508 e. The van der Waals surface area contributed by atoms with Gasteiger partial charge in [0.05, 0.1) is 46.6 Å². The second-order valence-electron chi connectivity index (χ2n) is 37.7. The number of thiazole rings is 1. The second-order valence-corrected chi connectivity index (χ2v) is 39.7. The molecule has 3 aliphatic heterocycles. The van der Waals surface area contributed by atoms with E-state index in [1.54, 1.807) is 93.5 Å². The number of aliphatic carboxylic acids is 1. The number of phenols is 1. The van der Waals surface area contributed by atoms with Gasteiger partial charge < -0.3 is 131 Å². The zero-order valence-corrected chi connectivity index (χ0v) is 84.8. The molecule has 143 heavy (non-hydrogen) atoms. The van der Waals surface area contributed by atoms with Gasteiger partial charge in [0.25, 0.3) is 0 Å². The number of likely N-dealkylation sites (N-methyl/N-ethyl adjacent to an activating group) is 4. The van der Waals surface area contributed by atoms with Gasteiger partial charge in [-0.3, -0.25) is 76.7 Å². The van der Waals surface area contributed by atoms with E-state index in [1.807, 2.05) is 45.9 Å². The first kappa shape index (κ1) is 113. The van der Waals surface area contributed by atoms with E-state index >= 15 is 19.2 Å². The van der Waals surface area contributed by atoms with Crippen LogP contribution in [0.15, 0.2) is 91.1 Å². The fourth-order valence-electron chi connectivity index (χ4n) is 18.4. The number of carbonyl (C=O) groups is 17. The number of likely N-dealkylation sites (tertiary alicyclic amines) is 2. The molecule has 0 bridgehead atoms. The number of unbranched alkanes of at least 4 members (excludes halogenated alkanes) is 1. The van der Waals surface area contributed by atoms with Crippen LogP contribution in [0.25, 0.3) is 21.1 Å². The third-order valence-corrected chi connectivity index (χ3v) is 28.1. The Balaban J connectivity index is 0.932. The number of nitrogens with zero attached hydrogens (tertiary/aromatic N) is 6. The van der Waals surface area contributed by atoms with Crippen LogP contribution in [-0.2, 0) is 106 Å². The summed E-state index contributed by atoms with van der Waals surface area (Å²) in [5.41, 5.74) is 26.7.